The first-order chi connectivity index (χ1) is 14.0. The van der Waals surface area contributed by atoms with Gasteiger partial charge in [0.05, 0.1) is 27.9 Å². The minimum atomic E-state index is -0.221. The number of nitrogens with one attached hydrogen (secondary N) is 1. The number of rotatable bonds is 7. The van der Waals surface area contributed by atoms with Crippen molar-refractivity contribution in [2.45, 2.75) is 13.5 Å². The van der Waals surface area contributed by atoms with E-state index in [1.165, 1.54) is 7.11 Å². The van der Waals surface area contributed by atoms with E-state index in [2.05, 4.69) is 4.98 Å². The molecule has 7 heteroatoms. The number of carbonyl (C=O) groups excluding carboxylic acids is 1. The molecule has 1 aromatic heterocycles. The van der Waals surface area contributed by atoms with Gasteiger partial charge in [-0.05, 0) is 49.4 Å². The van der Waals surface area contributed by atoms with E-state index in [4.69, 9.17) is 14.2 Å². The number of fused-ring (bicyclic) bond motifs is 1. The smallest absolute Gasteiger partial charge is 0.254 e. The first-order valence-corrected chi connectivity index (χ1v) is 9.22. The van der Waals surface area contributed by atoms with Crippen LogP contribution in [-0.4, -0.2) is 43.7 Å². The molecule has 1 heterocycles. The van der Waals surface area contributed by atoms with Gasteiger partial charge in [-0.1, -0.05) is 0 Å². The van der Waals surface area contributed by atoms with Crippen molar-refractivity contribution in [3.63, 3.8) is 0 Å². The molecule has 0 atom stereocenters. The molecule has 1 amide bonds. The molecule has 0 aliphatic carbocycles. The van der Waals surface area contributed by atoms with Gasteiger partial charge >= 0.3 is 0 Å². The van der Waals surface area contributed by atoms with Gasteiger partial charge in [0.25, 0.3) is 11.5 Å². The molecule has 0 fully saturated rings. The molecule has 3 aromatic rings. The molecule has 1 N–H and O–H groups in total. The van der Waals surface area contributed by atoms with Crippen LogP contribution in [0.5, 0.6) is 17.2 Å². The van der Waals surface area contributed by atoms with E-state index in [-0.39, 0.29) is 18.0 Å². The summed E-state index contributed by atoms with van der Waals surface area (Å²) in [6.45, 7) is 2.51. The summed E-state index contributed by atoms with van der Waals surface area (Å²) in [7, 11) is 4.65. The molecule has 0 aliphatic heterocycles. The van der Waals surface area contributed by atoms with E-state index in [0.29, 0.717) is 40.4 Å². The number of hydrogen-bond acceptors (Lipinski definition) is 5. The lowest BCUT2D eigenvalue weighted by Gasteiger charge is -2.21. The number of amides is 1. The molecule has 0 radical (unpaired) electrons. The predicted molar refractivity (Wildman–Crippen MR) is 111 cm³/mol. The molecule has 0 spiro atoms. The number of carbonyl (C=O) groups is 1. The van der Waals surface area contributed by atoms with Gasteiger partial charge < -0.3 is 24.1 Å². The molecule has 152 valence electrons. The summed E-state index contributed by atoms with van der Waals surface area (Å²) in [6, 6.07) is 12.2. The maximum Gasteiger partial charge on any atom is 0.254 e. The summed E-state index contributed by atoms with van der Waals surface area (Å²) in [5.74, 6) is 1.53. The Morgan fingerprint density at radius 2 is 1.72 bits per heavy atom. The van der Waals surface area contributed by atoms with E-state index >= 15 is 0 Å². The van der Waals surface area contributed by atoms with Crippen molar-refractivity contribution in [1.82, 2.24) is 9.88 Å². The quantitative estimate of drug-likeness (QED) is 0.663. The molecule has 0 bridgehead atoms. The first-order valence-electron chi connectivity index (χ1n) is 9.22. The Morgan fingerprint density at radius 1 is 0.966 bits per heavy atom. The van der Waals surface area contributed by atoms with Crippen molar-refractivity contribution >= 4 is 16.8 Å². The highest BCUT2D eigenvalue weighted by atomic mass is 16.5. The molecule has 3 rings (SSSR count). The van der Waals surface area contributed by atoms with Gasteiger partial charge in [-0.25, -0.2) is 0 Å². The largest absolute Gasteiger partial charge is 0.497 e. The van der Waals surface area contributed by atoms with E-state index in [1.54, 1.807) is 55.5 Å². The van der Waals surface area contributed by atoms with Gasteiger partial charge in [0.15, 0.2) is 11.5 Å². The van der Waals surface area contributed by atoms with E-state index in [0.717, 1.165) is 5.39 Å². The second kappa shape index (κ2) is 8.68. The zero-order chi connectivity index (χ0) is 21.0. The predicted octanol–water partition coefficient (Wildman–Crippen LogP) is 3.22. The van der Waals surface area contributed by atoms with Gasteiger partial charge in [0, 0.05) is 28.6 Å². The summed E-state index contributed by atoms with van der Waals surface area (Å²) < 4.78 is 15.8. The lowest BCUT2D eigenvalue weighted by atomic mass is 10.1. The number of H-pyrrole nitrogens is 1. The van der Waals surface area contributed by atoms with Gasteiger partial charge in [-0.15, -0.1) is 0 Å². The van der Waals surface area contributed by atoms with E-state index in [9.17, 15) is 9.59 Å². The topological polar surface area (TPSA) is 80.9 Å². The maximum absolute atomic E-state index is 13.0. The zero-order valence-electron chi connectivity index (χ0n) is 16.9. The van der Waals surface area contributed by atoms with Crippen molar-refractivity contribution in [2.24, 2.45) is 0 Å². The minimum Gasteiger partial charge on any atom is -0.497 e. The van der Waals surface area contributed by atoms with Crippen LogP contribution in [0, 0.1) is 0 Å². The van der Waals surface area contributed by atoms with Crippen molar-refractivity contribution < 1.29 is 19.0 Å². The molecular weight excluding hydrogens is 372 g/mol. The highest BCUT2D eigenvalue weighted by Crippen LogP contribution is 2.28. The molecule has 7 nitrogen and oxygen atoms in total. The summed E-state index contributed by atoms with van der Waals surface area (Å²) in [6.07, 6.45) is 0. The fourth-order valence-electron chi connectivity index (χ4n) is 3.16. The standard InChI is InChI=1S/C22H24N2O5/c1-5-24(22(26)14-6-9-19(28-3)20(12-14)29-4)13-16-10-15-11-17(27-2)7-8-18(15)23-21(16)25/h6-12H,5,13H2,1-4H3,(H,23,25). The summed E-state index contributed by atoms with van der Waals surface area (Å²) in [5.41, 5.74) is 1.46. The SMILES string of the molecule is CCN(Cc1cc2cc(OC)ccc2[nH]c1=O)C(=O)c1ccc(OC)c(OC)c1. The normalized spacial score (nSPS) is 10.6. The van der Waals surface area contributed by atoms with Gasteiger partial charge in [-0.2, -0.15) is 0 Å². The third-order valence-corrected chi connectivity index (χ3v) is 4.79. The monoisotopic (exact) mass is 396 g/mol. The second-order valence-corrected chi connectivity index (χ2v) is 6.47. The number of aromatic amines is 1. The van der Waals surface area contributed by atoms with Crippen molar-refractivity contribution in [2.75, 3.05) is 27.9 Å². The minimum absolute atomic E-state index is 0.187. The third-order valence-electron chi connectivity index (χ3n) is 4.79. The van der Waals surface area contributed by atoms with Crippen LogP contribution in [0.4, 0.5) is 0 Å². The van der Waals surface area contributed by atoms with Crippen LogP contribution < -0.4 is 19.8 Å². The number of aromatic nitrogens is 1. The van der Waals surface area contributed by atoms with E-state index < -0.39 is 0 Å². The van der Waals surface area contributed by atoms with Gasteiger partial charge in [0.2, 0.25) is 0 Å². The summed E-state index contributed by atoms with van der Waals surface area (Å²) in [4.78, 5) is 30.0. The van der Waals surface area contributed by atoms with Gasteiger partial charge in [0.1, 0.15) is 5.75 Å². The average Bonchev–Trinajstić information content (AvgIpc) is 2.76. The second-order valence-electron chi connectivity index (χ2n) is 6.47. The average molecular weight is 396 g/mol. The Hall–Kier alpha value is -3.48. The Bertz CT molecular complexity index is 1090. The van der Waals surface area contributed by atoms with Gasteiger partial charge in [-0.3, -0.25) is 9.59 Å². The molecule has 0 saturated heterocycles. The number of ether oxygens (including phenoxy) is 3. The highest BCUT2D eigenvalue weighted by Gasteiger charge is 2.18. The third kappa shape index (κ3) is 4.18. The number of pyridine rings is 1. The van der Waals surface area contributed by atoms with Crippen LogP contribution in [0.3, 0.4) is 0 Å². The Balaban J connectivity index is 1.92. The van der Waals surface area contributed by atoms with Crippen LogP contribution in [-0.2, 0) is 6.54 Å². The number of hydrogen-bond donors (Lipinski definition) is 1. The number of benzene rings is 2. The number of nitrogens with zero attached hydrogens (tertiary/aromatic N) is 1. The molecular formula is C22H24N2O5. The maximum atomic E-state index is 13.0. The van der Waals surface area contributed by atoms with E-state index in [1.807, 2.05) is 13.0 Å². The molecule has 0 aliphatic rings. The van der Waals surface area contributed by atoms with Crippen LogP contribution in [0.15, 0.2) is 47.3 Å². The molecule has 29 heavy (non-hydrogen) atoms. The zero-order valence-corrected chi connectivity index (χ0v) is 16.9. The lowest BCUT2D eigenvalue weighted by molar-refractivity contribution is 0.0751. The fraction of sp³-hybridized carbons (Fsp3) is 0.273. The van der Waals surface area contributed by atoms with Crippen LogP contribution >= 0.6 is 0 Å². The Kier molecular flexibility index (Phi) is 6.07. The number of methoxy groups -OCH3 is 3. The van der Waals surface area contributed by atoms with Crippen LogP contribution in [0.1, 0.15) is 22.8 Å². The summed E-state index contributed by atoms with van der Waals surface area (Å²) >= 11 is 0. The highest BCUT2D eigenvalue weighted by molar-refractivity contribution is 5.95. The first kappa shape index (κ1) is 20.3. The summed E-state index contributed by atoms with van der Waals surface area (Å²) in [5, 5.41) is 0.841. The van der Waals surface area contributed by atoms with Crippen molar-refractivity contribution in [3.8, 4) is 17.2 Å². The van der Waals surface area contributed by atoms with Crippen molar-refractivity contribution in [1.29, 1.82) is 0 Å². The molecule has 0 unspecified atom stereocenters. The fourth-order valence-corrected chi connectivity index (χ4v) is 3.16. The Morgan fingerprint density at radius 3 is 2.38 bits per heavy atom. The molecule has 2 aromatic carbocycles. The van der Waals surface area contributed by atoms with Crippen LogP contribution in [0.2, 0.25) is 0 Å². The van der Waals surface area contributed by atoms with Crippen molar-refractivity contribution in [3.05, 3.63) is 63.9 Å². The Labute approximate surface area is 168 Å². The molecule has 0 saturated carbocycles. The van der Waals surface area contributed by atoms with Crippen LogP contribution in [0.25, 0.3) is 10.9 Å². The lowest BCUT2D eigenvalue weighted by Crippen LogP contribution is -2.32.